The minimum absolute atomic E-state index is 0.0103. The number of nitrogens with zero attached hydrogens (tertiary/aromatic N) is 5. The average molecular weight is 2060 g/mol. The topological polar surface area (TPSA) is 618 Å². The molecule has 2 bridgehead atoms. The number of aliphatic hydroxyl groups is 3. The van der Waals surface area contributed by atoms with Gasteiger partial charge in [0.05, 0.1) is 47.7 Å². The number of aliphatic carboxylic acids is 2. The second-order valence-corrected chi connectivity index (χ2v) is 40.8. The molecule has 15 atom stereocenters. The van der Waals surface area contributed by atoms with Crippen molar-refractivity contribution in [2.24, 2.45) is 23.2 Å². The summed E-state index contributed by atoms with van der Waals surface area (Å²) >= 11 is 0. The van der Waals surface area contributed by atoms with Crippen molar-refractivity contribution in [3.05, 3.63) is 135 Å². The molecule has 2 saturated heterocycles. The number of aromatic amines is 2. The largest absolute Gasteiger partial charge is 0.496 e. The standard InChI is InChI=1S/C50H67N7O10S2.C44H55N7O12S2.3CO2/c1-6-46(63)25-31-26-48(29-66-30-58,40-33(13-18-56(27-31)28-46)32-11-8-9-12-36(32)52-40)35-23-34-37(24-38(35)65-5)55(4)42-49(34)16-19-57-17-10-15-47(7-2,41(49)57)43(60)50(42,64)44(61)53-54-45(62)67-20-22-69-68-21-14-39(59)51-3;1-6-17-51(24-28-8-13-34-32(23-28)41(58)50-44(45)49-34)30-11-9-29(10-12-30)40(57)48-35(43(61)62)14-15-37(54)63-18-20-65-64-19-16-31(52)21-25(3)38(55)46-27(5)36(53)22-26(4)39(56)47-33(7-2)42(59)60;3*2-1-3/h8-12,15,23-24,30-31,41-43,52,60,63-64H,6-7,13-14,16-22,25-29H2,1-5H3,(H,51,59)(H,53,61)(H,54,62);1,8-13,23,25-27,33,35H,7,14-22,24H2,2-5H3,(H,46,55)(H,47,56)(H,48,57)(H,59,60)(H,61,62)(H3,45,49,50,58);;;/t31?,41-,42+,43+,46-,47+,48-,49+,50-;25-,26-,27+,33+,35?;;;/m01.../s1. The van der Waals surface area contributed by atoms with E-state index in [9.17, 15) is 82.8 Å². The Labute approximate surface area is 840 Å². The van der Waals surface area contributed by atoms with Gasteiger partial charge in [-0.05, 0) is 136 Å². The van der Waals surface area contributed by atoms with Crippen LogP contribution in [-0.4, -0.2) is 291 Å². The lowest BCUT2D eigenvalue weighted by Crippen LogP contribution is -2.82. The molecule has 0 radical (unpaired) electrons. The maximum atomic E-state index is 14.9. The number of amides is 6. The third kappa shape index (κ3) is 28.2. The number of carboxylic acid groups (broad SMARTS) is 2. The number of para-hydroxylation sites is 1. The Morgan fingerprint density at radius 3 is 2.03 bits per heavy atom. The number of ketones is 2. The van der Waals surface area contributed by atoms with Crippen LogP contribution in [0.2, 0.25) is 0 Å². The van der Waals surface area contributed by atoms with Crippen molar-refractivity contribution in [2.75, 3.05) is 119 Å². The summed E-state index contributed by atoms with van der Waals surface area (Å²) in [4.78, 5) is 231. The summed E-state index contributed by atoms with van der Waals surface area (Å²) in [6, 6.07) is 19.1. The number of aromatic nitrogens is 3. The molecule has 7 heterocycles. The van der Waals surface area contributed by atoms with Crippen LogP contribution in [0, 0.1) is 35.5 Å². The number of anilines is 3. The molecule has 15 N–H and O–H groups in total. The monoisotopic (exact) mass is 2060 g/mol. The van der Waals surface area contributed by atoms with Gasteiger partial charge in [0.1, 0.15) is 49.5 Å². The van der Waals surface area contributed by atoms with Gasteiger partial charge < -0.3 is 86.3 Å². The SMILES string of the molecule is C#CCN(Cc1ccc2nc(N)[nH]c(=O)c2c1)c1ccc(C(=O)NC(CCC(=O)OCCSSCCC(=O)C[C@@H](C)C(=O)N[C@@H](C)C(=O)C[C@@H](C)C(=O)N[C@@H](CC)C(=O)O)C(=O)O)cc1.CC[C@]1(O)CC2CN(CCc3c([nH]c4ccccc34)[C@@](COC=O)(c3cc4c(cc3OC)N(C)[C@H]3[C@@](O)(C(=O)NNC(=O)OCCSSCCC(=O)NC)[C@H](O)[C@]5(CC)C=CCN6CC[C@]43[C@@H]65)C2)C1.O=C=O.O=C=O.O=C=O. The summed E-state index contributed by atoms with van der Waals surface area (Å²) in [7, 11) is 10.7. The molecule has 1 aliphatic carbocycles. The first-order chi connectivity index (χ1) is 68.3. The predicted molar refractivity (Wildman–Crippen MR) is 527 cm³/mol. The number of terminal acetylenes is 1. The number of hydrogen-bond acceptors (Lipinski definition) is 36. The number of aliphatic hydroxyl groups excluding tert-OH is 1. The summed E-state index contributed by atoms with van der Waals surface area (Å²) in [6.07, 6.45) is 11.1. The number of likely N-dealkylation sites (N-methyl/N-ethyl adjacent to an activating group) is 1. The lowest BCUT2D eigenvalue weighted by Gasteiger charge is -2.63. The number of hydrazine groups is 1. The number of H-pyrrole nitrogens is 2. The number of nitrogens with one attached hydrogen (secondary N) is 8. The number of benzene rings is 4. The highest BCUT2D eigenvalue weighted by molar-refractivity contribution is 8.77. The number of carboxylic acids is 2. The minimum Gasteiger partial charge on any atom is -0.496 e. The number of rotatable bonds is 43. The average Bonchev–Trinajstić information content (AvgIpc) is 1.48. The van der Waals surface area contributed by atoms with Gasteiger partial charge in [0, 0.05) is 176 Å². The van der Waals surface area contributed by atoms with E-state index in [1.54, 1.807) is 58.3 Å². The van der Waals surface area contributed by atoms with E-state index in [-0.39, 0.29) is 124 Å². The lowest BCUT2D eigenvalue weighted by atomic mass is 9.47. The van der Waals surface area contributed by atoms with Crippen LogP contribution in [0.4, 0.5) is 22.1 Å². The zero-order chi connectivity index (χ0) is 105. The first-order valence-electron chi connectivity index (χ1n) is 46.2. The number of esters is 1. The number of piperidine rings is 1. The van der Waals surface area contributed by atoms with E-state index in [0.717, 1.165) is 57.6 Å². The molecule has 1 saturated carbocycles. The quantitative estimate of drug-likeness (QED) is 0.00355. The Balaban J connectivity index is 0.000000324. The van der Waals surface area contributed by atoms with Gasteiger partial charge in [-0.25, -0.2) is 24.8 Å². The fourth-order valence-electron chi connectivity index (χ4n) is 20.1. The summed E-state index contributed by atoms with van der Waals surface area (Å²) in [5.74, 6) is -3.06. The Morgan fingerprint density at radius 2 is 1.40 bits per heavy atom. The van der Waals surface area contributed by atoms with Gasteiger partial charge in [-0.3, -0.25) is 68.2 Å². The second-order valence-electron chi connectivity index (χ2n) is 35.4. The van der Waals surface area contributed by atoms with Crippen molar-refractivity contribution >= 4 is 172 Å². The smallest absolute Gasteiger partial charge is 0.426 e. The Morgan fingerprint density at radius 1 is 0.748 bits per heavy atom. The van der Waals surface area contributed by atoms with Gasteiger partial charge in [0.2, 0.25) is 23.7 Å². The normalized spacial score (nSPS) is 22.2. The first-order valence-corrected chi connectivity index (χ1v) is 51.2. The van der Waals surface area contributed by atoms with Crippen molar-refractivity contribution in [3.8, 4) is 18.1 Å². The highest BCUT2D eigenvalue weighted by atomic mass is 33.1. The molecule has 1 spiro atoms. The first kappa shape index (κ1) is 115. The van der Waals surface area contributed by atoms with E-state index in [1.807, 2.05) is 61.0 Å². The Kier molecular flexibility index (Phi) is 43.7. The van der Waals surface area contributed by atoms with E-state index in [1.165, 1.54) is 69.2 Å². The summed E-state index contributed by atoms with van der Waals surface area (Å²) in [5.41, 5.74) is 10.9. The van der Waals surface area contributed by atoms with Gasteiger partial charge in [-0.2, -0.15) is 28.8 Å². The number of nitrogens with two attached hydrogens (primary N) is 1. The lowest BCUT2D eigenvalue weighted by molar-refractivity contribution is -0.204. The molecule has 5 aliphatic heterocycles. The minimum atomic E-state index is -2.49. The third-order valence-corrected chi connectivity index (χ3v) is 31.4. The Hall–Kier alpha value is -12.8. The molecule has 2 aromatic heterocycles. The van der Waals surface area contributed by atoms with Crippen molar-refractivity contribution in [1.82, 2.24) is 56.9 Å². The molecule has 42 nitrogen and oxygen atoms in total. The van der Waals surface area contributed by atoms with Crippen LogP contribution in [0.3, 0.4) is 0 Å². The number of fused-ring (bicyclic) bond motifs is 7. The van der Waals surface area contributed by atoms with Crippen LogP contribution in [-0.2, 0) is 115 Å². The number of nitrogen functional groups attached to an aromatic ring is 1. The van der Waals surface area contributed by atoms with E-state index >= 15 is 0 Å². The van der Waals surface area contributed by atoms with Crippen LogP contribution >= 0.6 is 43.2 Å². The fraction of sp³-hybridized carbons (Fsp3) is 0.515. The molecular formula is C97H122N14O28S4. The van der Waals surface area contributed by atoms with Gasteiger partial charge in [0.25, 0.3) is 23.8 Å². The Bertz CT molecular complexity index is 5760. The molecule has 6 aliphatic rings. The van der Waals surface area contributed by atoms with Gasteiger partial charge >= 0.3 is 42.5 Å². The van der Waals surface area contributed by atoms with Crippen LogP contribution in [0.15, 0.2) is 95.8 Å². The molecule has 6 aromatic rings. The highest BCUT2D eigenvalue weighted by Gasteiger charge is 2.79. The summed E-state index contributed by atoms with van der Waals surface area (Å²) in [6.45, 7) is 14.5. The van der Waals surface area contributed by atoms with E-state index in [0.29, 0.717) is 123 Å². The summed E-state index contributed by atoms with van der Waals surface area (Å²) < 4.78 is 23.0. The van der Waals surface area contributed by atoms with Crippen LogP contribution < -0.4 is 57.9 Å². The predicted octanol–water partition coefficient (Wildman–Crippen LogP) is 4.87. The summed E-state index contributed by atoms with van der Waals surface area (Å²) in [5, 5.41) is 68.6. The van der Waals surface area contributed by atoms with Crippen molar-refractivity contribution < 1.29 is 131 Å². The number of carbonyl (C=O) groups excluding carboxylic acids is 16. The number of methoxy groups -OCH3 is 1. The van der Waals surface area contributed by atoms with E-state index in [4.69, 9.17) is 65.0 Å². The zero-order valence-corrected chi connectivity index (χ0v) is 83.9. The van der Waals surface area contributed by atoms with E-state index < -0.39 is 123 Å². The van der Waals surface area contributed by atoms with Crippen LogP contribution in [0.25, 0.3) is 21.8 Å². The molecule has 12 rings (SSSR count). The van der Waals surface area contributed by atoms with E-state index in [2.05, 4.69) is 81.0 Å². The van der Waals surface area contributed by atoms with Crippen LogP contribution in [0.5, 0.6) is 5.75 Å². The number of carbonyl (C=O) groups is 12. The van der Waals surface area contributed by atoms with Crippen molar-refractivity contribution in [1.29, 1.82) is 0 Å². The molecule has 772 valence electrons. The molecular weight excluding hydrogens is 1940 g/mol. The maximum Gasteiger partial charge on any atom is 0.426 e. The zero-order valence-electron chi connectivity index (χ0n) is 80.7. The second kappa shape index (κ2) is 54.1. The molecule has 3 fully saturated rings. The third-order valence-electron chi connectivity index (χ3n) is 26.6. The van der Waals surface area contributed by atoms with Crippen molar-refractivity contribution in [2.45, 2.75) is 190 Å². The van der Waals surface area contributed by atoms with Gasteiger partial charge in [-0.1, -0.05) is 120 Å². The molecule has 6 amide bonds. The molecule has 143 heavy (non-hydrogen) atoms. The maximum absolute atomic E-state index is 14.9. The number of Topliss-reactive ketones (excluding diaryl/α,β-unsaturated/α-hetero) is 2. The molecule has 3 unspecified atom stereocenters. The number of ether oxygens (including phenoxy) is 4. The van der Waals surface area contributed by atoms with Gasteiger partial charge in [-0.15, -0.1) is 6.42 Å². The molecule has 4 aromatic carbocycles. The number of hydrogen-bond donors (Lipinski definition) is 14. The van der Waals surface area contributed by atoms with Crippen molar-refractivity contribution in [3.63, 3.8) is 0 Å². The van der Waals surface area contributed by atoms with Crippen LogP contribution in [0.1, 0.15) is 157 Å². The fourth-order valence-corrected chi connectivity index (χ4v) is 23.7. The highest BCUT2D eigenvalue weighted by Crippen LogP contribution is 2.68. The molecule has 46 heteroatoms. The van der Waals surface area contributed by atoms with Gasteiger partial charge in [0.15, 0.2) is 11.4 Å².